The molecule has 0 fully saturated rings. The van der Waals surface area contributed by atoms with Gasteiger partial charge in [-0.2, -0.15) is 0 Å². The van der Waals surface area contributed by atoms with E-state index < -0.39 is 30.6 Å². The molecule has 10 heteroatoms. The molecule has 0 bridgehead atoms. The number of rotatable bonds is 11. The van der Waals surface area contributed by atoms with E-state index in [1.54, 1.807) is 12.1 Å². The van der Waals surface area contributed by atoms with E-state index in [-0.39, 0.29) is 18.7 Å². The first kappa shape index (κ1) is 23.8. The van der Waals surface area contributed by atoms with Crippen LogP contribution in [0.15, 0.2) is 48.5 Å². The number of ether oxygens (including phenoxy) is 4. The maximum Gasteiger partial charge on any atom is 0.573 e. The first-order valence-electron chi connectivity index (χ1n) is 9.42. The molecule has 0 aliphatic heterocycles. The SMILES string of the molecule is CCOc1ccccc1OCCCC(=O)OCC(=O)Nc1ccc(OC(F)(F)F)cc1. The van der Waals surface area contributed by atoms with Gasteiger partial charge in [-0.3, -0.25) is 9.59 Å². The van der Waals surface area contributed by atoms with Gasteiger partial charge in [0.2, 0.25) is 0 Å². The molecule has 0 saturated carbocycles. The van der Waals surface area contributed by atoms with Gasteiger partial charge in [-0.25, -0.2) is 0 Å². The number of hydrogen-bond acceptors (Lipinski definition) is 6. The van der Waals surface area contributed by atoms with Gasteiger partial charge in [-0.1, -0.05) is 12.1 Å². The summed E-state index contributed by atoms with van der Waals surface area (Å²) in [5.41, 5.74) is 0.233. The third kappa shape index (κ3) is 9.28. The van der Waals surface area contributed by atoms with Crippen molar-refractivity contribution in [3.8, 4) is 17.2 Å². The van der Waals surface area contributed by atoms with Crippen molar-refractivity contribution >= 4 is 17.6 Å². The summed E-state index contributed by atoms with van der Waals surface area (Å²) in [5, 5.41) is 2.40. The molecule has 2 rings (SSSR count). The van der Waals surface area contributed by atoms with Gasteiger partial charge in [0.25, 0.3) is 5.91 Å². The fraction of sp³-hybridized carbons (Fsp3) is 0.333. The second kappa shape index (κ2) is 11.7. The number of esters is 1. The molecule has 7 nitrogen and oxygen atoms in total. The Bertz CT molecular complexity index is 855. The molecule has 168 valence electrons. The maximum absolute atomic E-state index is 12.1. The number of hydrogen-bond donors (Lipinski definition) is 1. The minimum atomic E-state index is -4.79. The Morgan fingerprint density at radius 3 is 2.23 bits per heavy atom. The van der Waals surface area contributed by atoms with Gasteiger partial charge in [-0.05, 0) is 49.7 Å². The normalized spacial score (nSPS) is 10.8. The van der Waals surface area contributed by atoms with Crippen LogP contribution in [0.25, 0.3) is 0 Å². The van der Waals surface area contributed by atoms with E-state index in [2.05, 4.69) is 10.1 Å². The van der Waals surface area contributed by atoms with Crippen LogP contribution in [-0.4, -0.2) is 38.1 Å². The Morgan fingerprint density at radius 2 is 1.61 bits per heavy atom. The second-order valence-electron chi connectivity index (χ2n) is 6.11. The van der Waals surface area contributed by atoms with E-state index in [1.807, 2.05) is 19.1 Å². The zero-order valence-electron chi connectivity index (χ0n) is 16.7. The van der Waals surface area contributed by atoms with Crippen LogP contribution in [0.5, 0.6) is 17.2 Å². The highest BCUT2D eigenvalue weighted by Crippen LogP contribution is 2.26. The Balaban J connectivity index is 1.65. The van der Waals surface area contributed by atoms with Gasteiger partial charge in [-0.15, -0.1) is 13.2 Å². The maximum atomic E-state index is 12.1. The topological polar surface area (TPSA) is 83.1 Å². The third-order valence-corrected chi connectivity index (χ3v) is 3.67. The fourth-order valence-electron chi connectivity index (χ4n) is 2.40. The summed E-state index contributed by atoms with van der Waals surface area (Å²) in [4.78, 5) is 23.6. The largest absolute Gasteiger partial charge is 0.573 e. The summed E-state index contributed by atoms with van der Waals surface area (Å²) >= 11 is 0. The third-order valence-electron chi connectivity index (χ3n) is 3.67. The predicted molar refractivity (Wildman–Crippen MR) is 105 cm³/mol. The van der Waals surface area contributed by atoms with Crippen molar-refractivity contribution in [2.24, 2.45) is 0 Å². The standard InChI is InChI=1S/C21H22F3NO6/c1-2-28-17-6-3-4-7-18(17)29-13-5-8-20(27)30-14-19(26)25-15-9-11-16(12-10-15)31-21(22,23)24/h3-4,6-7,9-12H,2,5,8,13-14H2,1H3,(H,25,26). The molecule has 0 radical (unpaired) electrons. The highest BCUT2D eigenvalue weighted by Gasteiger charge is 2.30. The second-order valence-corrected chi connectivity index (χ2v) is 6.11. The number of amides is 1. The summed E-state index contributed by atoms with van der Waals surface area (Å²) in [7, 11) is 0. The van der Waals surface area contributed by atoms with Crippen LogP contribution in [0.1, 0.15) is 19.8 Å². The lowest BCUT2D eigenvalue weighted by atomic mass is 10.3. The Morgan fingerprint density at radius 1 is 0.968 bits per heavy atom. The van der Waals surface area contributed by atoms with E-state index in [0.29, 0.717) is 24.5 Å². The predicted octanol–water partition coefficient (Wildman–Crippen LogP) is 4.32. The first-order valence-corrected chi connectivity index (χ1v) is 9.42. The van der Waals surface area contributed by atoms with Crippen molar-refractivity contribution < 1.29 is 41.7 Å². The van der Waals surface area contributed by atoms with Crippen molar-refractivity contribution in [2.45, 2.75) is 26.1 Å². The molecule has 0 aliphatic carbocycles. The number of para-hydroxylation sites is 2. The number of carbonyl (C=O) groups excluding carboxylic acids is 2. The van der Waals surface area contributed by atoms with E-state index >= 15 is 0 Å². The lowest BCUT2D eigenvalue weighted by Gasteiger charge is -2.11. The molecule has 0 spiro atoms. The number of nitrogens with one attached hydrogen (secondary N) is 1. The zero-order valence-corrected chi connectivity index (χ0v) is 16.7. The molecular formula is C21H22F3NO6. The van der Waals surface area contributed by atoms with Gasteiger partial charge in [0.15, 0.2) is 18.1 Å². The number of benzene rings is 2. The van der Waals surface area contributed by atoms with Gasteiger partial charge in [0, 0.05) is 12.1 Å². The minimum Gasteiger partial charge on any atom is -0.490 e. The smallest absolute Gasteiger partial charge is 0.490 e. The molecule has 0 unspecified atom stereocenters. The lowest BCUT2D eigenvalue weighted by Crippen LogP contribution is -2.21. The van der Waals surface area contributed by atoms with Crippen molar-refractivity contribution in [1.29, 1.82) is 0 Å². The van der Waals surface area contributed by atoms with Gasteiger partial charge in [0.1, 0.15) is 5.75 Å². The van der Waals surface area contributed by atoms with E-state index in [1.165, 1.54) is 12.1 Å². The number of alkyl halides is 3. The fourth-order valence-corrected chi connectivity index (χ4v) is 2.40. The Hall–Kier alpha value is -3.43. The highest BCUT2D eigenvalue weighted by atomic mass is 19.4. The zero-order chi connectivity index (χ0) is 22.7. The average Bonchev–Trinajstić information content (AvgIpc) is 2.71. The van der Waals surface area contributed by atoms with Crippen LogP contribution >= 0.6 is 0 Å². The summed E-state index contributed by atoms with van der Waals surface area (Å²) in [6, 6.07) is 11.7. The van der Waals surface area contributed by atoms with Crippen molar-refractivity contribution in [3.05, 3.63) is 48.5 Å². The number of carbonyl (C=O) groups is 2. The van der Waals surface area contributed by atoms with Crippen LogP contribution in [0, 0.1) is 0 Å². The molecule has 0 saturated heterocycles. The molecule has 31 heavy (non-hydrogen) atoms. The average molecular weight is 441 g/mol. The van der Waals surface area contributed by atoms with E-state index in [0.717, 1.165) is 12.1 Å². The first-order chi connectivity index (χ1) is 14.8. The Kier molecular flexibility index (Phi) is 8.98. The van der Waals surface area contributed by atoms with Crippen LogP contribution in [0.2, 0.25) is 0 Å². The number of halogens is 3. The molecular weight excluding hydrogens is 419 g/mol. The molecule has 2 aromatic rings. The molecule has 0 aromatic heterocycles. The molecule has 1 amide bonds. The molecule has 1 N–H and O–H groups in total. The molecule has 0 atom stereocenters. The summed E-state index contributed by atoms with van der Waals surface area (Å²) < 4.78 is 56.0. The summed E-state index contributed by atoms with van der Waals surface area (Å²) in [6.07, 6.45) is -4.37. The van der Waals surface area contributed by atoms with Crippen molar-refractivity contribution in [3.63, 3.8) is 0 Å². The minimum absolute atomic E-state index is 0.0492. The van der Waals surface area contributed by atoms with Crippen LogP contribution in [0.3, 0.4) is 0 Å². The van der Waals surface area contributed by atoms with Gasteiger partial charge >= 0.3 is 12.3 Å². The van der Waals surface area contributed by atoms with Crippen LogP contribution in [0.4, 0.5) is 18.9 Å². The quantitative estimate of drug-likeness (QED) is 0.413. The van der Waals surface area contributed by atoms with Gasteiger partial charge in [0.05, 0.1) is 13.2 Å². The van der Waals surface area contributed by atoms with Crippen LogP contribution < -0.4 is 19.5 Å². The molecule has 0 aliphatic rings. The van der Waals surface area contributed by atoms with Crippen molar-refractivity contribution in [2.75, 3.05) is 25.1 Å². The molecule has 0 heterocycles. The van der Waals surface area contributed by atoms with E-state index in [4.69, 9.17) is 14.2 Å². The van der Waals surface area contributed by atoms with Crippen molar-refractivity contribution in [1.82, 2.24) is 0 Å². The highest BCUT2D eigenvalue weighted by molar-refractivity contribution is 5.92. The lowest BCUT2D eigenvalue weighted by molar-refractivity contribution is -0.274. The monoisotopic (exact) mass is 441 g/mol. The van der Waals surface area contributed by atoms with Gasteiger partial charge < -0.3 is 24.3 Å². The van der Waals surface area contributed by atoms with E-state index in [9.17, 15) is 22.8 Å². The van der Waals surface area contributed by atoms with Crippen LogP contribution in [-0.2, 0) is 14.3 Å². The summed E-state index contributed by atoms with van der Waals surface area (Å²) in [6.45, 7) is 2.10. The molecule has 2 aromatic carbocycles. The Labute approximate surface area is 177 Å². The number of anilines is 1. The summed E-state index contributed by atoms with van der Waals surface area (Å²) in [5.74, 6) is -0.431.